The summed E-state index contributed by atoms with van der Waals surface area (Å²) in [5.74, 6) is 3.25. The van der Waals surface area contributed by atoms with Crippen molar-refractivity contribution in [1.29, 1.82) is 0 Å². The molecule has 0 aliphatic rings. The molecular weight excluding hydrogens is 1230 g/mol. The van der Waals surface area contributed by atoms with Gasteiger partial charge in [-0.1, -0.05) is 124 Å². The number of hydrogen-bond donors (Lipinski definition) is 6. The predicted molar refractivity (Wildman–Crippen MR) is 368 cm³/mol. The normalized spacial score (nSPS) is 12.3. The molecular formula is C69H131N7O19. The first kappa shape index (κ1) is 90.7. The lowest BCUT2D eigenvalue weighted by Gasteiger charge is -2.19. The molecule has 0 saturated heterocycles. The molecule has 26 nitrogen and oxygen atoms in total. The van der Waals surface area contributed by atoms with Gasteiger partial charge in [0.15, 0.2) is 0 Å². The van der Waals surface area contributed by atoms with Crippen molar-refractivity contribution in [3.05, 3.63) is 0 Å². The van der Waals surface area contributed by atoms with Crippen LogP contribution in [-0.2, 0) is 85.6 Å². The fourth-order valence-corrected chi connectivity index (χ4v) is 9.29. The second kappa shape index (κ2) is 73.9. The van der Waals surface area contributed by atoms with Crippen LogP contribution in [0.15, 0.2) is 10.1 Å². The van der Waals surface area contributed by atoms with Crippen molar-refractivity contribution in [2.24, 2.45) is 15.9 Å². The summed E-state index contributed by atoms with van der Waals surface area (Å²) in [5, 5.41) is 24.6. The summed E-state index contributed by atoms with van der Waals surface area (Å²) in [4.78, 5) is 79.6. The number of ketones is 1. The second-order valence-electron chi connectivity index (χ2n) is 23.2. The number of carboxylic acids is 1. The van der Waals surface area contributed by atoms with E-state index in [1.165, 1.54) is 70.6 Å². The summed E-state index contributed by atoms with van der Waals surface area (Å²) in [6, 6.07) is -2.02. The maximum atomic E-state index is 13.4. The molecule has 0 saturated carbocycles. The lowest BCUT2D eigenvalue weighted by molar-refractivity contribution is -0.142. The zero-order valence-electron chi connectivity index (χ0n) is 59.1. The third-order valence-electron chi connectivity index (χ3n) is 14.8. The van der Waals surface area contributed by atoms with Crippen LogP contribution in [0.3, 0.4) is 0 Å². The van der Waals surface area contributed by atoms with Gasteiger partial charge in [-0.25, -0.2) is 4.79 Å². The molecule has 0 rings (SSSR count). The summed E-state index contributed by atoms with van der Waals surface area (Å²) < 4.78 is 66.3. The Morgan fingerprint density at radius 2 is 0.747 bits per heavy atom. The number of Topliss-reactive ketones (excluding diaryl/α,β-unsaturated/α-hetero) is 1. The van der Waals surface area contributed by atoms with Crippen molar-refractivity contribution in [2.45, 2.75) is 219 Å². The van der Waals surface area contributed by atoms with Crippen LogP contribution in [0, 0.1) is 0 Å². The van der Waals surface area contributed by atoms with E-state index in [-0.39, 0.29) is 81.2 Å². The van der Waals surface area contributed by atoms with Gasteiger partial charge in [-0.3, -0.25) is 29.0 Å². The zero-order valence-corrected chi connectivity index (χ0v) is 59.1. The van der Waals surface area contributed by atoms with Crippen LogP contribution in [0.5, 0.6) is 0 Å². The number of nitrogens with two attached hydrogens (primary N) is 1. The number of nitrogens with zero attached hydrogens (tertiary/aromatic N) is 2. The van der Waals surface area contributed by atoms with Gasteiger partial charge in [0.05, 0.1) is 164 Å². The molecule has 4 amide bonds. The second-order valence-corrected chi connectivity index (χ2v) is 23.2. The molecule has 26 heteroatoms. The quantitative estimate of drug-likeness (QED) is 0.0146. The highest BCUT2D eigenvalue weighted by Crippen LogP contribution is 2.14. The van der Waals surface area contributed by atoms with Crippen LogP contribution in [-0.4, -0.2) is 243 Å². The molecule has 7 N–H and O–H groups in total. The Balaban J connectivity index is 4.22. The van der Waals surface area contributed by atoms with E-state index in [9.17, 15) is 33.9 Å². The van der Waals surface area contributed by atoms with Crippen LogP contribution in [0.1, 0.15) is 207 Å². The minimum absolute atomic E-state index is 0.0404. The average molecular weight is 1360 g/mol. The number of amides is 4. The Bertz CT molecular complexity index is 1840. The highest BCUT2D eigenvalue weighted by atomic mass is 16.6. The topological polar surface area (TPSA) is 332 Å². The SMILES string of the molecule is CCCCCCCCCCCCCCCC(=O)N[C@@H](CCC(=O)NCCCC[C@H](NC(=O)CCC(C=NCCCCCCC)=NN)C(=O)NCCOCCOCCOCCOCCOCCOCCOCCOCCOCCOCCOCCOCCC(=O)CCC)C(=O)O. The lowest BCUT2D eigenvalue weighted by Crippen LogP contribution is -2.47. The molecule has 0 aromatic rings. The molecule has 0 heterocycles. The number of aliphatic carboxylic acids is 1. The number of ether oxygens (including phenoxy) is 12. The van der Waals surface area contributed by atoms with E-state index >= 15 is 0 Å². The van der Waals surface area contributed by atoms with E-state index in [0.29, 0.717) is 203 Å². The van der Waals surface area contributed by atoms with E-state index in [1.54, 1.807) is 6.21 Å². The van der Waals surface area contributed by atoms with Gasteiger partial charge in [-0.15, -0.1) is 0 Å². The van der Waals surface area contributed by atoms with Crippen molar-refractivity contribution in [3.8, 4) is 0 Å². The van der Waals surface area contributed by atoms with Crippen molar-refractivity contribution < 1.29 is 90.7 Å². The molecule has 0 unspecified atom stereocenters. The third kappa shape index (κ3) is 68.0. The van der Waals surface area contributed by atoms with Gasteiger partial charge in [0.25, 0.3) is 0 Å². The first-order valence-corrected chi connectivity index (χ1v) is 36.1. The maximum absolute atomic E-state index is 13.4. The first-order chi connectivity index (χ1) is 46.6. The van der Waals surface area contributed by atoms with Crippen LogP contribution in [0.4, 0.5) is 0 Å². The number of hydrazone groups is 1. The van der Waals surface area contributed by atoms with Crippen LogP contribution < -0.4 is 27.1 Å². The molecule has 0 aromatic heterocycles. The van der Waals surface area contributed by atoms with Gasteiger partial charge in [-0.05, 0) is 44.9 Å². The predicted octanol–water partition coefficient (Wildman–Crippen LogP) is 7.80. The number of aliphatic imine (C=N–C) groups is 1. The Morgan fingerprint density at radius 1 is 0.358 bits per heavy atom. The van der Waals surface area contributed by atoms with Gasteiger partial charge < -0.3 is 89.1 Å². The third-order valence-corrected chi connectivity index (χ3v) is 14.8. The number of carboxylic acid groups (broad SMARTS) is 1. The smallest absolute Gasteiger partial charge is 0.326 e. The summed E-state index contributed by atoms with van der Waals surface area (Å²) >= 11 is 0. The molecule has 0 spiro atoms. The minimum Gasteiger partial charge on any atom is -0.480 e. The molecule has 0 radical (unpaired) electrons. The van der Waals surface area contributed by atoms with Gasteiger partial charge in [0.1, 0.15) is 17.9 Å². The molecule has 95 heavy (non-hydrogen) atoms. The summed E-state index contributed by atoms with van der Waals surface area (Å²) in [7, 11) is 0. The molecule has 556 valence electrons. The largest absolute Gasteiger partial charge is 0.480 e. The highest BCUT2D eigenvalue weighted by molar-refractivity contribution is 6.30. The van der Waals surface area contributed by atoms with E-state index in [0.717, 1.165) is 44.9 Å². The summed E-state index contributed by atoms with van der Waals surface area (Å²) in [5.41, 5.74) is 0.480. The zero-order chi connectivity index (χ0) is 69.2. The molecule has 0 aliphatic carbocycles. The average Bonchev–Trinajstić information content (AvgIpc) is 3.50. The fourth-order valence-electron chi connectivity index (χ4n) is 9.29. The van der Waals surface area contributed by atoms with Crippen LogP contribution in [0.2, 0.25) is 0 Å². The number of hydrogen-bond acceptors (Lipinski definition) is 21. The van der Waals surface area contributed by atoms with Crippen molar-refractivity contribution in [3.63, 3.8) is 0 Å². The van der Waals surface area contributed by atoms with Gasteiger partial charge in [0.2, 0.25) is 23.6 Å². The van der Waals surface area contributed by atoms with Crippen LogP contribution >= 0.6 is 0 Å². The lowest BCUT2D eigenvalue weighted by atomic mass is 10.0. The number of carbonyl (C=O) groups excluding carboxylic acids is 5. The monoisotopic (exact) mass is 1360 g/mol. The summed E-state index contributed by atoms with van der Waals surface area (Å²) in [6.45, 7) is 17.8. The molecule has 0 fully saturated rings. The first-order valence-electron chi connectivity index (χ1n) is 36.1. The van der Waals surface area contributed by atoms with Crippen molar-refractivity contribution >= 4 is 47.3 Å². The number of nitrogens with one attached hydrogen (secondary N) is 4. The van der Waals surface area contributed by atoms with E-state index in [4.69, 9.17) is 62.7 Å². The number of unbranched alkanes of at least 4 members (excludes halogenated alkanes) is 17. The fraction of sp³-hybridized carbons (Fsp3) is 0.884. The highest BCUT2D eigenvalue weighted by Gasteiger charge is 2.22. The Labute approximate surface area is 570 Å². The Morgan fingerprint density at radius 3 is 1.17 bits per heavy atom. The minimum atomic E-state index is -1.18. The molecule has 0 bridgehead atoms. The van der Waals surface area contributed by atoms with Gasteiger partial charge in [0, 0.05) is 64.4 Å². The van der Waals surface area contributed by atoms with Gasteiger partial charge >= 0.3 is 5.97 Å². The number of carbonyl (C=O) groups is 6. The van der Waals surface area contributed by atoms with Gasteiger partial charge in [-0.2, -0.15) is 5.10 Å². The molecule has 2 atom stereocenters. The van der Waals surface area contributed by atoms with E-state index in [2.05, 4.69) is 45.2 Å². The number of rotatable bonds is 77. The Kier molecular flexibility index (Phi) is 70.6. The van der Waals surface area contributed by atoms with Crippen LogP contribution in [0.25, 0.3) is 0 Å². The summed E-state index contributed by atoms with van der Waals surface area (Å²) in [6.07, 6.45) is 26.3. The van der Waals surface area contributed by atoms with Crippen molar-refractivity contribution in [1.82, 2.24) is 21.3 Å². The Hall–Kier alpha value is -4.32. The molecule has 0 aromatic carbocycles. The molecule has 0 aliphatic heterocycles. The standard InChI is InChI=1S/C69H131N7O19/c1-4-7-9-11-12-13-14-15-16-17-18-19-21-27-66(79)75-64(69(82)83)29-31-65(78)72-34-24-22-26-63(74-67(80)30-28-61(76-70)60-71-33-23-20-10-8-5-2)68(81)73-35-37-85-39-41-87-43-45-89-47-49-91-51-53-93-55-57-95-59-58-94-56-54-92-52-50-90-48-46-88-44-42-86-40-38-84-36-32-62(77)25-6-3/h60,63-64H,4-59,70H2,1-3H3,(H,72,78)(H,73,81)(H,74,80)(H,75,79)(H,82,83)/t63-,64-/m0/s1. The van der Waals surface area contributed by atoms with Crippen molar-refractivity contribution in [2.75, 3.05) is 178 Å². The van der Waals surface area contributed by atoms with E-state index < -0.39 is 18.1 Å². The maximum Gasteiger partial charge on any atom is 0.326 e. The van der Waals surface area contributed by atoms with E-state index in [1.807, 2.05) is 6.92 Å².